The second-order valence-corrected chi connectivity index (χ2v) is 3.61. The molecule has 2 aromatic heterocycles. The smallest absolute Gasteiger partial charge is 0.157 e. The Morgan fingerprint density at radius 2 is 2.13 bits per heavy atom. The van der Waals surface area contributed by atoms with Crippen molar-refractivity contribution in [2.24, 2.45) is 0 Å². The molecular weight excluding hydrogens is 214 g/mol. The number of halogens is 1. The van der Waals surface area contributed by atoms with Gasteiger partial charge in [-0.3, -0.25) is 5.10 Å². The Kier molecular flexibility index (Phi) is 1.61. The molecule has 74 valence electrons. The zero-order valence-electron chi connectivity index (χ0n) is 7.53. The van der Waals surface area contributed by atoms with Gasteiger partial charge in [0, 0.05) is 17.0 Å². The SMILES string of the molecule is Oc1ccc2nc(Cl)c3n[nH]cc3c2c1. The molecule has 15 heavy (non-hydrogen) atoms. The minimum Gasteiger partial charge on any atom is -0.508 e. The molecule has 0 aliphatic rings. The van der Waals surface area contributed by atoms with Gasteiger partial charge < -0.3 is 5.11 Å². The average Bonchev–Trinajstić information content (AvgIpc) is 2.69. The highest BCUT2D eigenvalue weighted by molar-refractivity contribution is 6.35. The van der Waals surface area contributed by atoms with Crippen molar-refractivity contribution >= 4 is 33.4 Å². The lowest BCUT2D eigenvalue weighted by Crippen LogP contribution is -1.82. The lowest BCUT2D eigenvalue weighted by atomic mass is 10.1. The van der Waals surface area contributed by atoms with Crippen LogP contribution in [0.4, 0.5) is 0 Å². The van der Waals surface area contributed by atoms with E-state index in [0.29, 0.717) is 10.7 Å². The fraction of sp³-hybridized carbons (Fsp3) is 0. The van der Waals surface area contributed by atoms with Crippen LogP contribution < -0.4 is 0 Å². The van der Waals surface area contributed by atoms with E-state index in [1.807, 2.05) is 0 Å². The second kappa shape index (κ2) is 2.84. The number of nitrogens with one attached hydrogen (secondary N) is 1. The van der Waals surface area contributed by atoms with Crippen molar-refractivity contribution in [1.82, 2.24) is 15.2 Å². The molecule has 2 N–H and O–H groups in total. The Bertz CT molecular complexity index is 662. The summed E-state index contributed by atoms with van der Waals surface area (Å²) in [5, 5.41) is 18.2. The number of aromatic nitrogens is 3. The summed E-state index contributed by atoms with van der Waals surface area (Å²) in [4.78, 5) is 4.19. The van der Waals surface area contributed by atoms with Crippen LogP contribution in [0.1, 0.15) is 0 Å². The zero-order valence-corrected chi connectivity index (χ0v) is 8.28. The number of benzene rings is 1. The average molecular weight is 220 g/mol. The van der Waals surface area contributed by atoms with E-state index in [2.05, 4.69) is 15.2 Å². The molecule has 0 saturated carbocycles. The summed E-state index contributed by atoms with van der Waals surface area (Å²) in [5.41, 5.74) is 1.36. The largest absolute Gasteiger partial charge is 0.508 e. The summed E-state index contributed by atoms with van der Waals surface area (Å²) in [6.45, 7) is 0. The Labute approximate surface area is 89.5 Å². The molecule has 4 nitrogen and oxygen atoms in total. The van der Waals surface area contributed by atoms with Crippen LogP contribution in [0, 0.1) is 0 Å². The molecule has 3 aromatic rings. The van der Waals surface area contributed by atoms with E-state index in [4.69, 9.17) is 11.6 Å². The molecule has 0 amide bonds. The van der Waals surface area contributed by atoms with Crippen LogP contribution in [0.5, 0.6) is 5.75 Å². The first-order chi connectivity index (χ1) is 7.25. The van der Waals surface area contributed by atoms with Crippen molar-refractivity contribution in [3.05, 3.63) is 29.5 Å². The van der Waals surface area contributed by atoms with Crippen LogP contribution in [0.3, 0.4) is 0 Å². The summed E-state index contributed by atoms with van der Waals surface area (Å²) in [5.74, 6) is 0.203. The third kappa shape index (κ3) is 1.15. The highest BCUT2D eigenvalue weighted by Crippen LogP contribution is 2.29. The molecule has 1 aromatic carbocycles. The molecule has 0 spiro atoms. The summed E-state index contributed by atoms with van der Waals surface area (Å²) < 4.78 is 0. The Balaban J connectivity index is 2.61. The first-order valence-corrected chi connectivity index (χ1v) is 4.75. The summed E-state index contributed by atoms with van der Waals surface area (Å²) in [6, 6.07) is 4.96. The standard InChI is InChI=1S/C10H6ClN3O/c11-10-9-7(4-12-14-9)6-3-5(15)1-2-8(6)13-10/h1-4,15H,(H,12,14). The Morgan fingerprint density at radius 3 is 3.00 bits per heavy atom. The fourth-order valence-corrected chi connectivity index (χ4v) is 1.88. The monoisotopic (exact) mass is 219 g/mol. The number of aromatic amines is 1. The normalized spacial score (nSPS) is 11.3. The minimum atomic E-state index is 0.203. The summed E-state index contributed by atoms with van der Waals surface area (Å²) >= 11 is 5.96. The van der Waals surface area contributed by atoms with Gasteiger partial charge in [0.05, 0.1) is 5.52 Å². The minimum absolute atomic E-state index is 0.203. The predicted molar refractivity (Wildman–Crippen MR) is 58.1 cm³/mol. The molecule has 3 rings (SSSR count). The molecule has 0 atom stereocenters. The van der Waals surface area contributed by atoms with Gasteiger partial charge in [0.15, 0.2) is 5.15 Å². The summed E-state index contributed by atoms with van der Waals surface area (Å²) in [7, 11) is 0. The highest BCUT2D eigenvalue weighted by Gasteiger charge is 2.08. The van der Waals surface area contributed by atoms with Crippen LogP contribution in [-0.2, 0) is 0 Å². The predicted octanol–water partition coefficient (Wildman–Crippen LogP) is 2.47. The number of pyridine rings is 1. The third-order valence-electron chi connectivity index (χ3n) is 2.32. The van der Waals surface area contributed by atoms with E-state index >= 15 is 0 Å². The quantitative estimate of drug-likeness (QED) is 0.571. The zero-order chi connectivity index (χ0) is 10.4. The number of nitrogens with zero attached hydrogens (tertiary/aromatic N) is 2. The highest BCUT2D eigenvalue weighted by atomic mass is 35.5. The summed E-state index contributed by atoms with van der Waals surface area (Å²) in [6.07, 6.45) is 1.74. The van der Waals surface area contributed by atoms with E-state index in [0.717, 1.165) is 16.3 Å². The number of fused-ring (bicyclic) bond motifs is 3. The molecule has 0 unspecified atom stereocenters. The van der Waals surface area contributed by atoms with Crippen molar-refractivity contribution < 1.29 is 5.11 Å². The lowest BCUT2D eigenvalue weighted by Gasteiger charge is -2.00. The molecule has 0 bridgehead atoms. The maximum atomic E-state index is 9.41. The molecule has 0 aliphatic carbocycles. The fourth-order valence-electron chi connectivity index (χ4n) is 1.65. The van der Waals surface area contributed by atoms with Crippen molar-refractivity contribution in [3.63, 3.8) is 0 Å². The van der Waals surface area contributed by atoms with Crippen molar-refractivity contribution in [2.45, 2.75) is 0 Å². The van der Waals surface area contributed by atoms with Gasteiger partial charge in [-0.15, -0.1) is 0 Å². The van der Waals surface area contributed by atoms with Crippen molar-refractivity contribution in [2.75, 3.05) is 0 Å². The van der Waals surface area contributed by atoms with E-state index in [9.17, 15) is 5.11 Å². The molecule has 0 aliphatic heterocycles. The van der Waals surface area contributed by atoms with E-state index < -0.39 is 0 Å². The van der Waals surface area contributed by atoms with E-state index in [-0.39, 0.29) is 5.75 Å². The van der Waals surface area contributed by atoms with Crippen molar-refractivity contribution in [1.29, 1.82) is 0 Å². The van der Waals surface area contributed by atoms with Gasteiger partial charge in [-0.2, -0.15) is 5.10 Å². The third-order valence-corrected chi connectivity index (χ3v) is 2.59. The maximum Gasteiger partial charge on any atom is 0.157 e. The van der Waals surface area contributed by atoms with Gasteiger partial charge in [0.1, 0.15) is 11.3 Å². The van der Waals surface area contributed by atoms with Crippen LogP contribution in [0.25, 0.3) is 21.8 Å². The number of H-pyrrole nitrogens is 1. The van der Waals surface area contributed by atoms with Gasteiger partial charge in [0.2, 0.25) is 0 Å². The first-order valence-electron chi connectivity index (χ1n) is 4.37. The van der Waals surface area contributed by atoms with Gasteiger partial charge in [-0.1, -0.05) is 11.6 Å². The Hall–Kier alpha value is -1.81. The van der Waals surface area contributed by atoms with Gasteiger partial charge >= 0.3 is 0 Å². The number of aromatic hydroxyl groups is 1. The first kappa shape index (κ1) is 8.49. The van der Waals surface area contributed by atoms with Gasteiger partial charge in [-0.25, -0.2) is 4.98 Å². The van der Waals surface area contributed by atoms with E-state index in [1.165, 1.54) is 0 Å². The molecule has 5 heteroatoms. The van der Waals surface area contributed by atoms with Crippen LogP contribution >= 0.6 is 11.6 Å². The molecule has 0 radical (unpaired) electrons. The molecular formula is C10H6ClN3O. The molecule has 2 heterocycles. The molecule has 0 saturated heterocycles. The lowest BCUT2D eigenvalue weighted by molar-refractivity contribution is 0.476. The van der Waals surface area contributed by atoms with E-state index in [1.54, 1.807) is 24.4 Å². The number of rotatable bonds is 0. The number of hydrogen-bond donors (Lipinski definition) is 2. The van der Waals surface area contributed by atoms with Gasteiger partial charge in [-0.05, 0) is 18.2 Å². The van der Waals surface area contributed by atoms with Crippen LogP contribution in [-0.4, -0.2) is 20.3 Å². The van der Waals surface area contributed by atoms with Crippen LogP contribution in [0.15, 0.2) is 24.4 Å². The number of phenolic OH excluding ortho intramolecular Hbond substituents is 1. The van der Waals surface area contributed by atoms with Crippen molar-refractivity contribution in [3.8, 4) is 5.75 Å². The van der Waals surface area contributed by atoms with Crippen LogP contribution in [0.2, 0.25) is 5.15 Å². The van der Waals surface area contributed by atoms with Gasteiger partial charge in [0.25, 0.3) is 0 Å². The molecule has 0 fully saturated rings. The topological polar surface area (TPSA) is 61.8 Å². The number of phenols is 1. The second-order valence-electron chi connectivity index (χ2n) is 3.25. The Morgan fingerprint density at radius 1 is 1.27 bits per heavy atom. The maximum absolute atomic E-state index is 9.41. The number of hydrogen-bond acceptors (Lipinski definition) is 3.